The van der Waals surface area contributed by atoms with Crippen LogP contribution in [0.2, 0.25) is 0 Å². The summed E-state index contributed by atoms with van der Waals surface area (Å²) in [5.74, 6) is 0. The van der Waals surface area contributed by atoms with E-state index in [1.54, 1.807) is 0 Å². The Morgan fingerprint density at radius 3 is 2.40 bits per heavy atom. The van der Waals surface area contributed by atoms with Gasteiger partial charge in [0, 0.05) is 0 Å². The molecular formula is C15H20. The molecule has 1 fully saturated rings. The normalized spacial score (nSPS) is 18.9. The van der Waals surface area contributed by atoms with E-state index in [4.69, 9.17) is 0 Å². The van der Waals surface area contributed by atoms with Crippen LogP contribution in [0.4, 0.5) is 0 Å². The maximum Gasteiger partial charge on any atom is -0.0219 e. The predicted molar refractivity (Wildman–Crippen MR) is 65.9 cm³/mol. The van der Waals surface area contributed by atoms with E-state index >= 15 is 0 Å². The second-order valence-electron chi connectivity index (χ2n) is 4.86. The number of benzene rings is 1. The molecule has 1 saturated carbocycles. The molecule has 0 radical (unpaired) electrons. The summed E-state index contributed by atoms with van der Waals surface area (Å²) in [5, 5.41) is 0. The van der Waals surface area contributed by atoms with Gasteiger partial charge in [-0.15, -0.1) is 6.58 Å². The lowest BCUT2D eigenvalue weighted by molar-refractivity contribution is 0.298. The van der Waals surface area contributed by atoms with Crippen LogP contribution in [0.25, 0.3) is 0 Å². The highest BCUT2D eigenvalue weighted by Gasteiger charge is 2.32. The summed E-state index contributed by atoms with van der Waals surface area (Å²) in [6.45, 7) is 3.91. The van der Waals surface area contributed by atoms with Crippen LogP contribution < -0.4 is 0 Å². The van der Waals surface area contributed by atoms with Crippen molar-refractivity contribution in [3.8, 4) is 0 Å². The molecule has 2 rings (SSSR count). The molecule has 0 bridgehead atoms. The molecule has 1 aliphatic carbocycles. The van der Waals surface area contributed by atoms with Gasteiger partial charge in [0.05, 0.1) is 0 Å². The average Bonchev–Trinajstić information content (AvgIpc) is 2.69. The van der Waals surface area contributed by atoms with Gasteiger partial charge in [0.25, 0.3) is 0 Å². The van der Waals surface area contributed by atoms with E-state index in [9.17, 15) is 0 Å². The molecule has 0 N–H and O–H groups in total. The Morgan fingerprint density at radius 2 is 1.80 bits per heavy atom. The van der Waals surface area contributed by atoms with Crippen molar-refractivity contribution >= 4 is 0 Å². The molecule has 0 unspecified atom stereocenters. The van der Waals surface area contributed by atoms with Crippen molar-refractivity contribution in [3.05, 3.63) is 48.6 Å². The van der Waals surface area contributed by atoms with Gasteiger partial charge in [-0.2, -0.15) is 0 Å². The van der Waals surface area contributed by atoms with Crippen molar-refractivity contribution in [1.29, 1.82) is 0 Å². The minimum Gasteiger partial charge on any atom is -0.103 e. The summed E-state index contributed by atoms with van der Waals surface area (Å²) >= 11 is 0. The van der Waals surface area contributed by atoms with E-state index < -0.39 is 0 Å². The van der Waals surface area contributed by atoms with Crippen molar-refractivity contribution in [2.45, 2.75) is 38.5 Å². The van der Waals surface area contributed by atoms with Crippen molar-refractivity contribution in [2.24, 2.45) is 5.41 Å². The fraction of sp³-hybridized carbons (Fsp3) is 0.467. The molecule has 0 nitrogen and oxygen atoms in total. The number of hydrogen-bond donors (Lipinski definition) is 0. The summed E-state index contributed by atoms with van der Waals surface area (Å²) in [6, 6.07) is 10.9. The molecule has 1 aromatic rings. The highest BCUT2D eigenvalue weighted by atomic mass is 14.4. The van der Waals surface area contributed by atoms with Gasteiger partial charge in [0.15, 0.2) is 0 Å². The molecule has 0 atom stereocenters. The lowest BCUT2D eigenvalue weighted by Gasteiger charge is -2.27. The molecule has 0 heterocycles. The van der Waals surface area contributed by atoms with E-state index in [1.165, 1.54) is 44.1 Å². The van der Waals surface area contributed by atoms with Crippen LogP contribution >= 0.6 is 0 Å². The SMILES string of the molecule is C=CCC1(Cc2ccccc2)CCCC1. The molecule has 0 saturated heterocycles. The Morgan fingerprint density at radius 1 is 1.13 bits per heavy atom. The first kappa shape index (κ1) is 10.5. The van der Waals surface area contributed by atoms with Gasteiger partial charge in [-0.05, 0) is 36.7 Å². The third kappa shape index (κ3) is 2.50. The highest BCUT2D eigenvalue weighted by molar-refractivity contribution is 5.17. The van der Waals surface area contributed by atoms with Gasteiger partial charge in [0.2, 0.25) is 0 Å². The Balaban J connectivity index is 2.10. The zero-order valence-electron chi connectivity index (χ0n) is 9.41. The van der Waals surface area contributed by atoms with Crippen LogP contribution in [-0.2, 0) is 6.42 Å². The maximum absolute atomic E-state index is 3.91. The Bertz CT molecular complexity index is 304. The second kappa shape index (κ2) is 4.65. The zero-order chi connectivity index (χ0) is 10.6. The fourth-order valence-electron chi connectivity index (χ4n) is 2.91. The van der Waals surface area contributed by atoms with Gasteiger partial charge in [-0.1, -0.05) is 49.2 Å². The lowest BCUT2D eigenvalue weighted by Crippen LogP contribution is -2.18. The summed E-state index contributed by atoms with van der Waals surface area (Å²) in [5.41, 5.74) is 2.02. The Labute approximate surface area is 93.0 Å². The van der Waals surface area contributed by atoms with Crippen LogP contribution in [0.15, 0.2) is 43.0 Å². The zero-order valence-corrected chi connectivity index (χ0v) is 9.41. The van der Waals surface area contributed by atoms with Crippen molar-refractivity contribution in [2.75, 3.05) is 0 Å². The van der Waals surface area contributed by atoms with E-state index in [1.807, 2.05) is 0 Å². The van der Waals surface area contributed by atoms with E-state index in [0.717, 1.165) is 0 Å². The van der Waals surface area contributed by atoms with Gasteiger partial charge >= 0.3 is 0 Å². The third-order valence-corrected chi connectivity index (χ3v) is 3.66. The highest BCUT2D eigenvalue weighted by Crippen LogP contribution is 2.43. The monoisotopic (exact) mass is 200 g/mol. The van der Waals surface area contributed by atoms with E-state index in [0.29, 0.717) is 5.41 Å². The summed E-state index contributed by atoms with van der Waals surface area (Å²) in [6.07, 6.45) is 10.1. The number of hydrogen-bond acceptors (Lipinski definition) is 0. The predicted octanol–water partition coefficient (Wildman–Crippen LogP) is 4.37. The first-order chi connectivity index (χ1) is 7.35. The maximum atomic E-state index is 3.91. The van der Waals surface area contributed by atoms with Gasteiger partial charge in [-0.25, -0.2) is 0 Å². The van der Waals surface area contributed by atoms with Crippen LogP contribution in [-0.4, -0.2) is 0 Å². The Kier molecular flexibility index (Phi) is 3.25. The molecule has 0 aliphatic heterocycles. The van der Waals surface area contributed by atoms with E-state index in [2.05, 4.69) is 43.0 Å². The topological polar surface area (TPSA) is 0 Å². The van der Waals surface area contributed by atoms with Gasteiger partial charge in [-0.3, -0.25) is 0 Å². The van der Waals surface area contributed by atoms with E-state index in [-0.39, 0.29) is 0 Å². The molecule has 1 aliphatic rings. The molecule has 0 heteroatoms. The second-order valence-corrected chi connectivity index (χ2v) is 4.86. The molecule has 1 aromatic carbocycles. The molecular weight excluding hydrogens is 180 g/mol. The molecule has 0 amide bonds. The van der Waals surface area contributed by atoms with Crippen LogP contribution in [0.1, 0.15) is 37.7 Å². The molecule has 0 aromatic heterocycles. The number of allylic oxidation sites excluding steroid dienone is 1. The first-order valence-corrected chi connectivity index (χ1v) is 5.99. The van der Waals surface area contributed by atoms with Gasteiger partial charge in [0.1, 0.15) is 0 Å². The molecule has 15 heavy (non-hydrogen) atoms. The Hall–Kier alpha value is -1.04. The average molecular weight is 200 g/mol. The van der Waals surface area contributed by atoms with Gasteiger partial charge < -0.3 is 0 Å². The van der Waals surface area contributed by atoms with Crippen molar-refractivity contribution < 1.29 is 0 Å². The standard InChI is InChI=1S/C15H20/c1-2-10-15(11-6-7-12-15)13-14-8-4-3-5-9-14/h2-5,8-9H,1,6-7,10-13H2. The van der Waals surface area contributed by atoms with Crippen LogP contribution in [0, 0.1) is 5.41 Å². The number of rotatable bonds is 4. The smallest absolute Gasteiger partial charge is 0.0219 e. The van der Waals surface area contributed by atoms with Crippen LogP contribution in [0.3, 0.4) is 0 Å². The van der Waals surface area contributed by atoms with Crippen molar-refractivity contribution in [1.82, 2.24) is 0 Å². The van der Waals surface area contributed by atoms with Crippen LogP contribution in [0.5, 0.6) is 0 Å². The van der Waals surface area contributed by atoms with Crippen molar-refractivity contribution in [3.63, 3.8) is 0 Å². The fourth-order valence-corrected chi connectivity index (χ4v) is 2.91. The minimum atomic E-state index is 0.531. The largest absolute Gasteiger partial charge is 0.103 e. The summed E-state index contributed by atoms with van der Waals surface area (Å²) < 4.78 is 0. The minimum absolute atomic E-state index is 0.531. The summed E-state index contributed by atoms with van der Waals surface area (Å²) in [7, 11) is 0. The molecule has 0 spiro atoms. The quantitative estimate of drug-likeness (QED) is 0.633. The third-order valence-electron chi connectivity index (χ3n) is 3.66. The first-order valence-electron chi connectivity index (χ1n) is 5.99. The molecule has 80 valence electrons. The lowest BCUT2D eigenvalue weighted by atomic mass is 9.77. The summed E-state index contributed by atoms with van der Waals surface area (Å²) in [4.78, 5) is 0.